The molecule has 3 nitrogen and oxygen atoms in total. The maximum absolute atomic E-state index is 13.9. The second-order valence-electron chi connectivity index (χ2n) is 8.47. The Morgan fingerprint density at radius 3 is 2.67 bits per heavy atom. The zero-order chi connectivity index (χ0) is 20.7. The van der Waals surface area contributed by atoms with Crippen molar-refractivity contribution in [2.75, 3.05) is 0 Å². The van der Waals surface area contributed by atoms with Crippen molar-refractivity contribution in [3.63, 3.8) is 0 Å². The highest BCUT2D eigenvalue weighted by atomic mass is 35.5. The van der Waals surface area contributed by atoms with Crippen LogP contribution < -0.4 is 0 Å². The van der Waals surface area contributed by atoms with E-state index in [1.54, 1.807) is 12.1 Å². The zero-order valence-electron chi connectivity index (χ0n) is 17.0. The van der Waals surface area contributed by atoms with Gasteiger partial charge in [0, 0.05) is 22.5 Å². The minimum absolute atomic E-state index is 0.193. The van der Waals surface area contributed by atoms with E-state index in [-0.39, 0.29) is 5.82 Å². The summed E-state index contributed by atoms with van der Waals surface area (Å²) >= 11 is 6.14. The first-order valence-electron chi connectivity index (χ1n) is 10.8. The van der Waals surface area contributed by atoms with E-state index in [2.05, 4.69) is 23.0 Å². The van der Waals surface area contributed by atoms with E-state index in [0.29, 0.717) is 17.8 Å². The van der Waals surface area contributed by atoms with Crippen LogP contribution in [0.5, 0.6) is 0 Å². The van der Waals surface area contributed by atoms with E-state index in [0.717, 1.165) is 64.9 Å². The number of pyridine rings is 1. The van der Waals surface area contributed by atoms with Crippen molar-refractivity contribution in [1.82, 2.24) is 15.0 Å². The van der Waals surface area contributed by atoms with Gasteiger partial charge in [0.1, 0.15) is 11.6 Å². The van der Waals surface area contributed by atoms with Gasteiger partial charge in [0.05, 0.1) is 16.6 Å². The smallest absolute Gasteiger partial charge is 0.123 e. The van der Waals surface area contributed by atoms with Crippen LogP contribution in [0.1, 0.15) is 62.3 Å². The predicted octanol–water partition coefficient (Wildman–Crippen LogP) is 7.37. The van der Waals surface area contributed by atoms with Gasteiger partial charge < -0.3 is 4.98 Å². The lowest BCUT2D eigenvalue weighted by atomic mass is 9.72. The Morgan fingerprint density at radius 1 is 1.07 bits per heavy atom. The number of nitrogens with one attached hydrogen (secondary N) is 1. The van der Waals surface area contributed by atoms with Crippen LogP contribution in [0.25, 0.3) is 21.9 Å². The first-order chi connectivity index (χ1) is 14.6. The average molecular weight is 422 g/mol. The fourth-order valence-corrected chi connectivity index (χ4v) is 5.43. The number of aromatic amines is 1. The van der Waals surface area contributed by atoms with Gasteiger partial charge in [-0.2, -0.15) is 0 Å². The summed E-state index contributed by atoms with van der Waals surface area (Å²) < 4.78 is 13.9. The zero-order valence-corrected chi connectivity index (χ0v) is 17.8. The van der Waals surface area contributed by atoms with Crippen molar-refractivity contribution in [2.24, 2.45) is 5.92 Å². The molecule has 1 saturated carbocycles. The number of H-pyrrole nitrogens is 1. The largest absolute Gasteiger partial charge is 0.342 e. The van der Waals surface area contributed by atoms with Gasteiger partial charge in [0.15, 0.2) is 0 Å². The minimum Gasteiger partial charge on any atom is -0.342 e. The molecule has 1 N–H and O–H groups in total. The summed E-state index contributed by atoms with van der Waals surface area (Å²) in [4.78, 5) is 12.8. The van der Waals surface area contributed by atoms with Crippen molar-refractivity contribution >= 4 is 33.5 Å². The standard InChI is InChI=1S/C25H25ClFN3/c1-2-19(25-29-23-9-7-17(26)13-24(23)30-25)15-3-5-16(6-4-15)20-11-12-28-22-10-8-18(27)14-21(20)22/h7-16,19H,2-6H2,1H3,(H,29,30)/t15-,16+,19-/m0/s1. The first kappa shape index (κ1) is 19.5. The molecule has 5 heteroatoms. The fraction of sp³-hybridized carbons (Fsp3) is 0.360. The molecule has 1 aliphatic carbocycles. The molecule has 2 heterocycles. The molecule has 1 atom stereocenters. The van der Waals surface area contributed by atoms with E-state index < -0.39 is 0 Å². The van der Waals surface area contributed by atoms with Gasteiger partial charge in [-0.05, 0) is 92.0 Å². The molecular weight excluding hydrogens is 397 g/mol. The maximum Gasteiger partial charge on any atom is 0.123 e. The normalized spacial score (nSPS) is 20.6. The summed E-state index contributed by atoms with van der Waals surface area (Å²) in [6.45, 7) is 2.25. The van der Waals surface area contributed by atoms with Crippen molar-refractivity contribution in [1.29, 1.82) is 0 Å². The van der Waals surface area contributed by atoms with Crippen molar-refractivity contribution in [2.45, 2.75) is 50.9 Å². The predicted molar refractivity (Wildman–Crippen MR) is 121 cm³/mol. The third-order valence-corrected chi connectivity index (χ3v) is 7.01. The molecule has 0 spiro atoms. The van der Waals surface area contributed by atoms with E-state index in [1.165, 1.54) is 11.6 Å². The Bertz CT molecular complexity index is 1190. The number of hydrogen-bond donors (Lipinski definition) is 1. The van der Waals surface area contributed by atoms with Crippen LogP contribution in [0.2, 0.25) is 5.02 Å². The first-order valence-corrected chi connectivity index (χ1v) is 11.2. The number of fused-ring (bicyclic) bond motifs is 2. The Balaban J connectivity index is 1.36. The molecule has 2 aromatic heterocycles. The number of aromatic nitrogens is 3. The highest BCUT2D eigenvalue weighted by molar-refractivity contribution is 6.31. The molecule has 0 amide bonds. The van der Waals surface area contributed by atoms with Crippen molar-refractivity contribution in [3.8, 4) is 0 Å². The number of rotatable bonds is 4. The lowest BCUT2D eigenvalue weighted by molar-refractivity contribution is 0.272. The topological polar surface area (TPSA) is 41.6 Å². The van der Waals surface area contributed by atoms with Gasteiger partial charge in [0.2, 0.25) is 0 Å². The summed E-state index contributed by atoms with van der Waals surface area (Å²) in [6.07, 6.45) is 7.45. The fourth-order valence-electron chi connectivity index (χ4n) is 5.26. The van der Waals surface area contributed by atoms with Gasteiger partial charge in [-0.25, -0.2) is 9.37 Å². The van der Waals surface area contributed by atoms with E-state index >= 15 is 0 Å². The van der Waals surface area contributed by atoms with Crippen LogP contribution in [-0.2, 0) is 0 Å². The van der Waals surface area contributed by atoms with Gasteiger partial charge in [-0.15, -0.1) is 0 Å². The van der Waals surface area contributed by atoms with Crippen molar-refractivity contribution < 1.29 is 4.39 Å². The summed E-state index contributed by atoms with van der Waals surface area (Å²) in [5.74, 6) is 2.37. The monoisotopic (exact) mass is 421 g/mol. The molecule has 2 aromatic carbocycles. The summed E-state index contributed by atoms with van der Waals surface area (Å²) in [5, 5.41) is 1.69. The Kier molecular flexibility index (Phi) is 5.20. The Labute approximate surface area is 180 Å². The molecular formula is C25H25ClFN3. The van der Waals surface area contributed by atoms with E-state index in [9.17, 15) is 4.39 Å². The van der Waals surface area contributed by atoms with Crippen LogP contribution in [-0.4, -0.2) is 15.0 Å². The van der Waals surface area contributed by atoms with Crippen molar-refractivity contribution in [3.05, 3.63) is 70.9 Å². The molecule has 0 radical (unpaired) electrons. The second-order valence-corrected chi connectivity index (χ2v) is 8.91. The molecule has 0 unspecified atom stereocenters. The van der Waals surface area contributed by atoms with Crippen LogP contribution in [0.3, 0.4) is 0 Å². The molecule has 1 aliphatic rings. The third kappa shape index (κ3) is 3.58. The molecule has 30 heavy (non-hydrogen) atoms. The molecule has 154 valence electrons. The van der Waals surface area contributed by atoms with E-state index in [4.69, 9.17) is 16.6 Å². The van der Waals surface area contributed by atoms with Gasteiger partial charge in [-0.1, -0.05) is 18.5 Å². The Hall–Kier alpha value is -2.46. The average Bonchev–Trinajstić information content (AvgIpc) is 3.17. The molecule has 0 aliphatic heterocycles. The highest BCUT2D eigenvalue weighted by Crippen LogP contribution is 2.44. The quantitative estimate of drug-likeness (QED) is 0.373. The van der Waals surface area contributed by atoms with Gasteiger partial charge in [-0.3, -0.25) is 4.98 Å². The maximum atomic E-state index is 13.9. The lowest BCUT2D eigenvalue weighted by Gasteiger charge is -2.33. The van der Waals surface area contributed by atoms with Crippen LogP contribution in [0.15, 0.2) is 48.7 Å². The lowest BCUT2D eigenvalue weighted by Crippen LogP contribution is -2.20. The van der Waals surface area contributed by atoms with Crippen LogP contribution in [0, 0.1) is 11.7 Å². The van der Waals surface area contributed by atoms with Gasteiger partial charge in [0.25, 0.3) is 0 Å². The highest BCUT2D eigenvalue weighted by Gasteiger charge is 2.30. The van der Waals surface area contributed by atoms with E-state index in [1.807, 2.05) is 24.4 Å². The number of imidazole rings is 1. The Morgan fingerprint density at radius 2 is 1.87 bits per heavy atom. The number of halogens is 2. The third-order valence-electron chi connectivity index (χ3n) is 6.77. The number of nitrogens with zero attached hydrogens (tertiary/aromatic N) is 2. The summed E-state index contributed by atoms with van der Waals surface area (Å²) in [5.41, 5.74) is 4.11. The second kappa shape index (κ2) is 7.99. The van der Waals surface area contributed by atoms with Crippen LogP contribution in [0.4, 0.5) is 4.39 Å². The SMILES string of the molecule is CC[C@H](c1nc2ccc(Cl)cc2[nH]1)[C@H]1CC[C@@H](c2ccnc3ccc(F)cc32)CC1. The molecule has 1 fully saturated rings. The summed E-state index contributed by atoms with van der Waals surface area (Å²) in [7, 11) is 0. The molecule has 4 aromatic rings. The molecule has 0 bridgehead atoms. The minimum atomic E-state index is -0.193. The molecule has 0 saturated heterocycles. The molecule has 5 rings (SSSR count). The van der Waals surface area contributed by atoms with Gasteiger partial charge >= 0.3 is 0 Å². The number of hydrogen-bond acceptors (Lipinski definition) is 2. The van der Waals surface area contributed by atoms with Crippen LogP contribution >= 0.6 is 11.6 Å². The number of benzene rings is 2. The summed E-state index contributed by atoms with van der Waals surface area (Å²) in [6, 6.07) is 12.8.